The molecule has 0 aliphatic heterocycles. The maximum atomic E-state index is 2.52. The van der Waals surface area contributed by atoms with E-state index in [2.05, 4.69) is 24.3 Å². The molecular weight excluding hydrogens is 264 g/mol. The lowest BCUT2D eigenvalue weighted by atomic mass is 9.88. The zero-order chi connectivity index (χ0) is 14.8. The lowest BCUT2D eigenvalue weighted by Crippen LogP contribution is -2.06. The van der Waals surface area contributed by atoms with Gasteiger partial charge in [-0.05, 0) is 74.0 Å². The quantitative estimate of drug-likeness (QED) is 0.335. The summed E-state index contributed by atoms with van der Waals surface area (Å²) in [6, 6.07) is 0. The van der Waals surface area contributed by atoms with E-state index in [1.165, 1.54) is 77.0 Å². The van der Waals surface area contributed by atoms with E-state index in [9.17, 15) is 0 Å². The molecule has 0 saturated heterocycles. The maximum Gasteiger partial charge on any atom is -0.0199 e. The van der Waals surface area contributed by atoms with Gasteiger partial charge in [0.15, 0.2) is 0 Å². The van der Waals surface area contributed by atoms with Gasteiger partial charge in [-0.15, -0.1) is 0 Å². The van der Waals surface area contributed by atoms with Crippen LogP contribution >= 0.6 is 0 Å². The molecule has 2 fully saturated rings. The highest BCUT2D eigenvalue weighted by molar-refractivity contribution is 5.10. The van der Waals surface area contributed by atoms with Crippen molar-refractivity contribution in [1.82, 2.24) is 0 Å². The van der Waals surface area contributed by atoms with Gasteiger partial charge in [0.25, 0.3) is 0 Å². The maximum absolute atomic E-state index is 2.52. The van der Waals surface area contributed by atoms with Gasteiger partial charge >= 0.3 is 0 Å². The molecule has 0 radical (unpaired) electrons. The largest absolute Gasteiger partial charge is 0.0851 e. The predicted molar refractivity (Wildman–Crippen MR) is 94.6 cm³/mol. The van der Waals surface area contributed by atoms with Crippen LogP contribution in [0.2, 0.25) is 0 Å². The fourth-order valence-electron chi connectivity index (χ4n) is 5.97. The first-order valence-corrected chi connectivity index (χ1v) is 10.2. The number of fused-ring (bicyclic) bond motifs is 4. The molecule has 122 valence electrons. The molecule has 0 heterocycles. The van der Waals surface area contributed by atoms with Gasteiger partial charge in [0.1, 0.15) is 0 Å². The van der Waals surface area contributed by atoms with Crippen molar-refractivity contribution >= 4 is 0 Å². The first kappa shape index (κ1) is 15.0. The number of rotatable bonds is 9. The van der Waals surface area contributed by atoms with Crippen LogP contribution < -0.4 is 0 Å². The van der Waals surface area contributed by atoms with Crippen LogP contribution in [0.15, 0.2) is 24.3 Å². The zero-order valence-corrected chi connectivity index (χ0v) is 14.3. The van der Waals surface area contributed by atoms with Gasteiger partial charge in [0, 0.05) is 0 Å². The van der Waals surface area contributed by atoms with E-state index in [1.54, 1.807) is 0 Å². The topological polar surface area (TPSA) is 0 Å². The second kappa shape index (κ2) is 6.93. The van der Waals surface area contributed by atoms with Crippen molar-refractivity contribution in [2.45, 2.75) is 77.0 Å². The van der Waals surface area contributed by atoms with E-state index in [0.717, 1.165) is 35.5 Å². The number of unbranched alkanes of at least 4 members (excludes halogenated alkanes) is 5. The average Bonchev–Trinajstić information content (AvgIpc) is 3.30. The Kier molecular flexibility index (Phi) is 4.74. The minimum absolute atomic E-state index is 0.968. The highest BCUT2D eigenvalue weighted by Crippen LogP contribution is 2.46. The molecule has 0 aromatic heterocycles. The molecule has 0 heteroatoms. The summed E-state index contributed by atoms with van der Waals surface area (Å²) >= 11 is 0. The van der Waals surface area contributed by atoms with Gasteiger partial charge < -0.3 is 0 Å². The van der Waals surface area contributed by atoms with Gasteiger partial charge in [0.2, 0.25) is 0 Å². The monoisotopic (exact) mass is 298 g/mol. The highest BCUT2D eigenvalue weighted by Gasteiger charge is 2.35. The lowest BCUT2D eigenvalue weighted by Gasteiger charge is -2.18. The fourth-order valence-corrected chi connectivity index (χ4v) is 5.97. The lowest BCUT2D eigenvalue weighted by molar-refractivity contribution is 0.383. The Labute approximate surface area is 137 Å². The molecular formula is C22H34. The Balaban J connectivity index is 0.992. The molecule has 4 bridgehead atoms. The SMILES string of the molecule is C1=CC2CC1CC2CCCCCCCCC1CC2C=CC1C2. The Bertz CT molecular complexity index is 378. The summed E-state index contributed by atoms with van der Waals surface area (Å²) in [6.07, 6.45) is 28.0. The molecule has 0 nitrogen and oxygen atoms in total. The third kappa shape index (κ3) is 3.36. The van der Waals surface area contributed by atoms with E-state index >= 15 is 0 Å². The van der Waals surface area contributed by atoms with Crippen molar-refractivity contribution in [2.24, 2.45) is 35.5 Å². The average molecular weight is 299 g/mol. The van der Waals surface area contributed by atoms with Crippen molar-refractivity contribution in [3.05, 3.63) is 24.3 Å². The zero-order valence-electron chi connectivity index (χ0n) is 14.3. The van der Waals surface area contributed by atoms with Crippen molar-refractivity contribution in [3.8, 4) is 0 Å². The second-order valence-electron chi connectivity index (χ2n) is 8.78. The minimum atomic E-state index is 0.968. The van der Waals surface area contributed by atoms with Crippen LogP contribution in [0.4, 0.5) is 0 Å². The van der Waals surface area contributed by atoms with Gasteiger partial charge in [-0.25, -0.2) is 0 Å². The Morgan fingerprint density at radius 1 is 0.500 bits per heavy atom. The summed E-state index contributed by atoms with van der Waals surface area (Å²) < 4.78 is 0. The summed E-state index contributed by atoms with van der Waals surface area (Å²) in [4.78, 5) is 0. The smallest absolute Gasteiger partial charge is 0.0199 e. The normalized spacial score (nSPS) is 41.1. The van der Waals surface area contributed by atoms with Gasteiger partial charge in [-0.2, -0.15) is 0 Å². The van der Waals surface area contributed by atoms with Crippen molar-refractivity contribution in [2.75, 3.05) is 0 Å². The standard InChI is InChI=1S/C22H34/c1(3-5-7-19-13-17-9-11-21(19)15-17)2-4-6-8-20-14-18-10-12-22(20)16-18/h9-12,17-22H,1-8,13-16H2. The first-order valence-electron chi connectivity index (χ1n) is 10.2. The van der Waals surface area contributed by atoms with Crippen molar-refractivity contribution in [1.29, 1.82) is 0 Å². The van der Waals surface area contributed by atoms with Crippen LogP contribution in [-0.2, 0) is 0 Å². The third-order valence-corrected chi connectivity index (χ3v) is 7.23. The van der Waals surface area contributed by atoms with Crippen LogP contribution in [0.25, 0.3) is 0 Å². The van der Waals surface area contributed by atoms with E-state index in [-0.39, 0.29) is 0 Å². The Morgan fingerprint density at radius 3 is 1.32 bits per heavy atom. The van der Waals surface area contributed by atoms with Gasteiger partial charge in [0.05, 0.1) is 0 Å². The molecule has 0 aromatic carbocycles. The van der Waals surface area contributed by atoms with E-state index in [1.807, 2.05) is 0 Å². The molecule has 4 aliphatic carbocycles. The van der Waals surface area contributed by atoms with Crippen molar-refractivity contribution < 1.29 is 0 Å². The first-order chi connectivity index (χ1) is 10.9. The van der Waals surface area contributed by atoms with Gasteiger partial charge in [-0.3, -0.25) is 0 Å². The van der Waals surface area contributed by atoms with Gasteiger partial charge in [-0.1, -0.05) is 62.8 Å². The summed E-state index contributed by atoms with van der Waals surface area (Å²) in [5.41, 5.74) is 0. The molecule has 2 saturated carbocycles. The van der Waals surface area contributed by atoms with Crippen LogP contribution in [0.5, 0.6) is 0 Å². The van der Waals surface area contributed by atoms with E-state index < -0.39 is 0 Å². The molecule has 6 unspecified atom stereocenters. The molecule has 6 atom stereocenters. The molecule has 0 aromatic rings. The Hall–Kier alpha value is -0.520. The molecule has 4 aliphatic rings. The van der Waals surface area contributed by atoms with Crippen LogP contribution in [-0.4, -0.2) is 0 Å². The summed E-state index contributed by atoms with van der Waals surface area (Å²) in [5.74, 6) is 6.00. The number of hydrogen-bond acceptors (Lipinski definition) is 0. The fraction of sp³-hybridized carbons (Fsp3) is 0.818. The van der Waals surface area contributed by atoms with Crippen molar-refractivity contribution in [3.63, 3.8) is 0 Å². The third-order valence-electron chi connectivity index (χ3n) is 7.23. The minimum Gasteiger partial charge on any atom is -0.0851 e. The van der Waals surface area contributed by atoms with E-state index in [4.69, 9.17) is 0 Å². The Morgan fingerprint density at radius 2 is 0.955 bits per heavy atom. The number of allylic oxidation sites excluding steroid dienone is 4. The predicted octanol–water partition coefficient (Wildman–Crippen LogP) is 6.53. The molecule has 0 amide bonds. The molecule has 4 rings (SSSR count). The highest BCUT2D eigenvalue weighted by atomic mass is 14.4. The molecule has 0 spiro atoms. The van der Waals surface area contributed by atoms with Crippen LogP contribution in [0.3, 0.4) is 0 Å². The van der Waals surface area contributed by atoms with Crippen LogP contribution in [0.1, 0.15) is 77.0 Å². The second-order valence-corrected chi connectivity index (χ2v) is 8.78. The van der Waals surface area contributed by atoms with Crippen LogP contribution in [0, 0.1) is 35.5 Å². The molecule has 22 heavy (non-hydrogen) atoms. The summed E-state index contributed by atoms with van der Waals surface area (Å²) in [6.45, 7) is 0. The summed E-state index contributed by atoms with van der Waals surface area (Å²) in [5, 5.41) is 0. The molecule has 0 N–H and O–H groups in total. The van der Waals surface area contributed by atoms with E-state index in [0.29, 0.717) is 0 Å². The number of hydrogen-bond donors (Lipinski definition) is 0. The summed E-state index contributed by atoms with van der Waals surface area (Å²) in [7, 11) is 0.